The summed E-state index contributed by atoms with van der Waals surface area (Å²) < 4.78 is 4.88. The lowest BCUT2D eigenvalue weighted by Crippen LogP contribution is -2.74. The highest BCUT2D eigenvalue weighted by atomic mass is 28.3. The number of aromatic nitrogens is 2. The summed E-state index contributed by atoms with van der Waals surface area (Å²) in [7, 11) is -2.73. The second-order valence-corrected chi connectivity index (χ2v) is 21.5. The summed E-state index contributed by atoms with van der Waals surface area (Å²) in [6, 6.07) is 99.0. The van der Waals surface area contributed by atoms with Crippen molar-refractivity contribution in [2.24, 2.45) is 0 Å². The maximum Gasteiger partial charge on any atom is 0.179 e. The number of benzene rings is 11. The van der Waals surface area contributed by atoms with E-state index in [4.69, 9.17) is 0 Å². The van der Waals surface area contributed by atoms with E-state index >= 15 is 0 Å². The van der Waals surface area contributed by atoms with Crippen LogP contribution < -0.4 is 20.7 Å². The zero-order chi connectivity index (χ0) is 44.3. The van der Waals surface area contributed by atoms with E-state index in [1.54, 1.807) is 0 Å². The molecule has 2 aromatic heterocycles. The van der Waals surface area contributed by atoms with Crippen LogP contribution in [-0.2, 0) is 0 Å². The Hall–Kier alpha value is -8.50. The van der Waals surface area contributed by atoms with Gasteiger partial charge in [-0.3, -0.25) is 0 Å². The maximum atomic E-state index is 2.47. The van der Waals surface area contributed by atoms with Crippen LogP contribution in [0.15, 0.2) is 267 Å². The molecule has 0 fully saturated rings. The molecule has 2 heterocycles. The van der Waals surface area contributed by atoms with Crippen molar-refractivity contribution in [2.75, 3.05) is 0 Å². The van der Waals surface area contributed by atoms with Crippen molar-refractivity contribution in [1.82, 2.24) is 9.13 Å². The Kier molecular flexibility index (Phi) is 9.22. The van der Waals surface area contributed by atoms with E-state index in [0.29, 0.717) is 0 Å². The van der Waals surface area contributed by atoms with Gasteiger partial charge in [0.15, 0.2) is 8.07 Å². The van der Waals surface area contributed by atoms with Crippen molar-refractivity contribution in [3.63, 3.8) is 0 Å². The summed E-state index contributed by atoms with van der Waals surface area (Å²) in [4.78, 5) is 0. The Labute approximate surface area is 390 Å². The average Bonchev–Trinajstić information content (AvgIpc) is 3.92. The molecule has 0 spiro atoms. The molecule has 13 rings (SSSR count). The second kappa shape index (κ2) is 15.9. The fourth-order valence-corrected chi connectivity index (χ4v) is 15.8. The van der Waals surface area contributed by atoms with Gasteiger partial charge in [-0.25, -0.2) is 0 Å². The molecule has 0 aliphatic carbocycles. The highest BCUT2D eigenvalue weighted by Gasteiger charge is 2.41. The number of para-hydroxylation sites is 2. The Balaban J connectivity index is 0.928. The van der Waals surface area contributed by atoms with Crippen LogP contribution in [0.2, 0.25) is 0 Å². The molecule has 0 unspecified atom stereocenters. The monoisotopic (exact) mass is 868 g/mol. The van der Waals surface area contributed by atoms with Crippen molar-refractivity contribution < 1.29 is 0 Å². The molecule has 3 heteroatoms. The first-order chi connectivity index (χ1) is 33.2. The smallest absolute Gasteiger partial charge is 0.179 e. The quantitative estimate of drug-likeness (QED) is 0.106. The minimum Gasteiger partial charge on any atom is -0.309 e. The standard InChI is InChI=1S/C64H44N2Si/c1-4-20-53(21-5-1)67(54-22-6-2-7-23-54,55-24-8-3-9-25-55)56-26-16-19-52(44-56)66-62-30-15-13-28-58(62)60-43-50(36-40-64(60)66)49-35-39-63-59(42-49)57-27-12-14-29-61(57)65(63)51-37-33-46(34-38-51)48-32-31-45-17-10-11-18-47(45)41-48/h1-44H. The highest BCUT2D eigenvalue weighted by Crippen LogP contribution is 2.39. The predicted octanol–water partition coefficient (Wildman–Crippen LogP) is 13.7. The predicted molar refractivity (Wildman–Crippen MR) is 287 cm³/mol. The normalized spacial score (nSPS) is 11.9. The van der Waals surface area contributed by atoms with Gasteiger partial charge in [-0.1, -0.05) is 200 Å². The van der Waals surface area contributed by atoms with Crippen molar-refractivity contribution >= 4 is 83.2 Å². The Morgan fingerprint density at radius 1 is 0.224 bits per heavy atom. The van der Waals surface area contributed by atoms with Crippen LogP contribution in [0.5, 0.6) is 0 Å². The molecular formula is C64H44N2Si. The molecule has 0 aliphatic rings. The number of rotatable bonds is 8. The van der Waals surface area contributed by atoms with Gasteiger partial charge in [0.25, 0.3) is 0 Å². The van der Waals surface area contributed by atoms with E-state index in [2.05, 4.69) is 276 Å². The third-order valence-electron chi connectivity index (χ3n) is 14.0. The number of nitrogens with zero attached hydrogens (tertiary/aromatic N) is 2. The summed E-state index contributed by atoms with van der Waals surface area (Å²) >= 11 is 0. The lowest BCUT2D eigenvalue weighted by atomic mass is 10.0. The van der Waals surface area contributed by atoms with Gasteiger partial charge in [-0.2, -0.15) is 0 Å². The van der Waals surface area contributed by atoms with Gasteiger partial charge in [0, 0.05) is 32.9 Å². The first-order valence-electron chi connectivity index (χ1n) is 23.2. The molecule has 0 atom stereocenters. The van der Waals surface area contributed by atoms with E-state index in [0.717, 1.165) is 11.4 Å². The average molecular weight is 869 g/mol. The van der Waals surface area contributed by atoms with E-state index < -0.39 is 8.07 Å². The van der Waals surface area contributed by atoms with Crippen molar-refractivity contribution in [2.45, 2.75) is 0 Å². The minimum atomic E-state index is -2.73. The molecule has 0 N–H and O–H groups in total. The van der Waals surface area contributed by atoms with Gasteiger partial charge in [0.1, 0.15) is 0 Å². The largest absolute Gasteiger partial charge is 0.309 e. The molecule has 0 radical (unpaired) electrons. The molecule has 0 saturated carbocycles. The molecule has 2 nitrogen and oxygen atoms in total. The number of hydrogen-bond acceptors (Lipinski definition) is 0. The summed E-state index contributed by atoms with van der Waals surface area (Å²) in [5.41, 5.74) is 11.9. The molecule has 13 aromatic rings. The van der Waals surface area contributed by atoms with E-state index in [9.17, 15) is 0 Å². The topological polar surface area (TPSA) is 9.86 Å². The molecule has 0 amide bonds. The zero-order valence-corrected chi connectivity index (χ0v) is 37.8. The summed E-state index contributed by atoms with van der Waals surface area (Å²) in [5, 5.41) is 12.9. The SMILES string of the molecule is c1ccc([Si](c2ccccc2)(c2ccccc2)c2cccc(-n3c4ccccc4c4cc(-c5ccc6c(c5)c5ccccc5n6-c5ccc(-c6ccc7ccccc7c6)cc5)ccc43)c2)cc1. The van der Waals surface area contributed by atoms with Crippen LogP contribution in [0.25, 0.3) is 88.0 Å². The lowest BCUT2D eigenvalue weighted by Gasteiger charge is -2.34. The van der Waals surface area contributed by atoms with Crippen LogP contribution >= 0.6 is 0 Å². The maximum absolute atomic E-state index is 2.73. The van der Waals surface area contributed by atoms with Gasteiger partial charge in [0.2, 0.25) is 0 Å². The molecule has 0 saturated heterocycles. The van der Waals surface area contributed by atoms with Crippen molar-refractivity contribution in [3.05, 3.63) is 267 Å². The Morgan fingerprint density at radius 2 is 0.642 bits per heavy atom. The third kappa shape index (κ3) is 6.31. The fraction of sp³-hybridized carbons (Fsp3) is 0. The van der Waals surface area contributed by atoms with Crippen LogP contribution in [0, 0.1) is 0 Å². The van der Waals surface area contributed by atoms with Crippen LogP contribution in [-0.4, -0.2) is 17.2 Å². The van der Waals surface area contributed by atoms with Crippen LogP contribution in [0.1, 0.15) is 0 Å². The Bertz CT molecular complexity index is 3860. The summed E-state index contributed by atoms with van der Waals surface area (Å²) in [5.74, 6) is 0. The third-order valence-corrected chi connectivity index (χ3v) is 18.8. The van der Waals surface area contributed by atoms with E-state index in [-0.39, 0.29) is 0 Å². The van der Waals surface area contributed by atoms with E-state index in [1.165, 1.54) is 97.4 Å². The molecule has 67 heavy (non-hydrogen) atoms. The van der Waals surface area contributed by atoms with Gasteiger partial charge >= 0.3 is 0 Å². The summed E-state index contributed by atoms with van der Waals surface area (Å²) in [6.45, 7) is 0. The van der Waals surface area contributed by atoms with Gasteiger partial charge in [-0.05, 0) is 121 Å². The summed E-state index contributed by atoms with van der Waals surface area (Å²) in [6.07, 6.45) is 0. The van der Waals surface area contributed by atoms with Crippen molar-refractivity contribution in [3.8, 4) is 33.6 Å². The number of fused-ring (bicyclic) bond motifs is 7. The Morgan fingerprint density at radius 3 is 1.21 bits per heavy atom. The second-order valence-electron chi connectivity index (χ2n) is 17.7. The number of hydrogen-bond donors (Lipinski definition) is 0. The van der Waals surface area contributed by atoms with Gasteiger partial charge in [-0.15, -0.1) is 0 Å². The van der Waals surface area contributed by atoms with Crippen LogP contribution in [0.3, 0.4) is 0 Å². The molecule has 0 aliphatic heterocycles. The molecule has 11 aromatic carbocycles. The van der Waals surface area contributed by atoms with Gasteiger partial charge < -0.3 is 9.13 Å². The zero-order valence-electron chi connectivity index (χ0n) is 36.8. The highest BCUT2D eigenvalue weighted by molar-refractivity contribution is 7.19. The first kappa shape index (κ1) is 38.9. The molecule has 314 valence electrons. The minimum absolute atomic E-state index is 1.15. The van der Waals surface area contributed by atoms with Crippen molar-refractivity contribution in [1.29, 1.82) is 0 Å². The van der Waals surface area contributed by atoms with Crippen LogP contribution in [0.4, 0.5) is 0 Å². The molecular weight excluding hydrogens is 825 g/mol. The first-order valence-corrected chi connectivity index (χ1v) is 25.2. The molecule has 0 bridgehead atoms. The van der Waals surface area contributed by atoms with Gasteiger partial charge in [0.05, 0.1) is 22.1 Å². The fourth-order valence-electron chi connectivity index (χ4n) is 11.0. The van der Waals surface area contributed by atoms with E-state index in [1.807, 2.05) is 0 Å². The lowest BCUT2D eigenvalue weighted by molar-refractivity contribution is 1.18.